The Hall–Kier alpha value is -1.59. The fraction of sp³-hybridized carbons (Fsp3) is 0.946. The molecule has 0 aliphatic carbocycles. The third-order valence-corrected chi connectivity index (χ3v) is 12.9. The normalized spacial score (nSPS) is 11.9. The molecule has 0 aliphatic rings. The highest BCUT2D eigenvalue weighted by atomic mass is 16.6. The Bertz CT molecular complexity index is 920. The minimum Gasteiger partial charge on any atom is -0.462 e. The van der Waals surface area contributed by atoms with Gasteiger partial charge in [-0.25, -0.2) is 0 Å². The summed E-state index contributed by atoms with van der Waals surface area (Å²) >= 11 is 0. The standard InChI is InChI=1S/C56H108O6/c1-4-7-10-13-16-19-22-24-25-26-27-28-29-30-31-32-33-35-37-40-43-46-49-55(58)61-52-53(51-60-54(57)48-45-42-39-36-21-18-15-12-9-6-3)62-56(59)50-47-44-41-38-34-23-20-17-14-11-8-5-2/h53H,4-52H2,1-3H3. The summed E-state index contributed by atoms with van der Waals surface area (Å²) in [5, 5.41) is 0. The molecule has 1 unspecified atom stereocenters. The number of carbonyl (C=O) groups excluding carboxylic acids is 3. The van der Waals surface area contributed by atoms with Crippen LogP contribution in [0, 0.1) is 0 Å². The van der Waals surface area contributed by atoms with E-state index in [1.807, 2.05) is 0 Å². The molecule has 0 saturated carbocycles. The molecule has 0 fully saturated rings. The maximum Gasteiger partial charge on any atom is 0.306 e. The second-order valence-corrected chi connectivity index (χ2v) is 19.2. The largest absolute Gasteiger partial charge is 0.462 e. The van der Waals surface area contributed by atoms with Crippen molar-refractivity contribution in [1.29, 1.82) is 0 Å². The van der Waals surface area contributed by atoms with Crippen LogP contribution in [0.3, 0.4) is 0 Å². The Morgan fingerprint density at radius 1 is 0.258 bits per heavy atom. The van der Waals surface area contributed by atoms with E-state index in [1.54, 1.807) is 0 Å². The van der Waals surface area contributed by atoms with E-state index in [1.165, 1.54) is 225 Å². The van der Waals surface area contributed by atoms with Crippen LogP contribution in [-0.4, -0.2) is 37.2 Å². The average Bonchev–Trinajstić information content (AvgIpc) is 3.27. The van der Waals surface area contributed by atoms with Gasteiger partial charge in [-0.3, -0.25) is 14.4 Å². The molecule has 0 rings (SSSR count). The van der Waals surface area contributed by atoms with Gasteiger partial charge >= 0.3 is 17.9 Å². The maximum atomic E-state index is 12.8. The maximum absolute atomic E-state index is 12.8. The summed E-state index contributed by atoms with van der Waals surface area (Å²) in [6.07, 6.45) is 56.7. The van der Waals surface area contributed by atoms with Crippen molar-refractivity contribution in [3.8, 4) is 0 Å². The highest BCUT2D eigenvalue weighted by Crippen LogP contribution is 2.17. The predicted octanol–water partition coefficient (Wildman–Crippen LogP) is 18.4. The van der Waals surface area contributed by atoms with Crippen molar-refractivity contribution in [3.63, 3.8) is 0 Å². The van der Waals surface area contributed by atoms with Gasteiger partial charge in [-0.1, -0.05) is 284 Å². The number of esters is 3. The Morgan fingerprint density at radius 2 is 0.435 bits per heavy atom. The SMILES string of the molecule is CCCCCCCCCCCCCCCCCCCCCCCCC(=O)OCC(COC(=O)CCCCCCCCCCCC)OC(=O)CCCCCCCCCCCCCC. The smallest absolute Gasteiger partial charge is 0.306 e. The van der Waals surface area contributed by atoms with Crippen LogP contribution in [0.15, 0.2) is 0 Å². The van der Waals surface area contributed by atoms with Crippen LogP contribution < -0.4 is 0 Å². The van der Waals surface area contributed by atoms with Gasteiger partial charge in [-0.05, 0) is 19.3 Å². The first-order valence-electron chi connectivity index (χ1n) is 28.0. The summed E-state index contributed by atoms with van der Waals surface area (Å²) in [5.74, 6) is -0.840. The number of hydrogen-bond donors (Lipinski definition) is 0. The van der Waals surface area contributed by atoms with Gasteiger partial charge in [-0.2, -0.15) is 0 Å². The van der Waals surface area contributed by atoms with Gasteiger partial charge in [0.15, 0.2) is 6.10 Å². The van der Waals surface area contributed by atoms with Gasteiger partial charge in [0.2, 0.25) is 0 Å². The summed E-state index contributed by atoms with van der Waals surface area (Å²) in [5.41, 5.74) is 0. The van der Waals surface area contributed by atoms with Crippen LogP contribution in [0.4, 0.5) is 0 Å². The zero-order chi connectivity index (χ0) is 45.1. The fourth-order valence-corrected chi connectivity index (χ4v) is 8.62. The quantitative estimate of drug-likeness (QED) is 0.0344. The van der Waals surface area contributed by atoms with E-state index in [2.05, 4.69) is 20.8 Å². The number of carbonyl (C=O) groups is 3. The van der Waals surface area contributed by atoms with Crippen LogP contribution >= 0.6 is 0 Å². The molecule has 0 aromatic carbocycles. The fourth-order valence-electron chi connectivity index (χ4n) is 8.62. The van der Waals surface area contributed by atoms with Gasteiger partial charge in [0.05, 0.1) is 0 Å². The minimum atomic E-state index is -0.759. The van der Waals surface area contributed by atoms with E-state index in [9.17, 15) is 14.4 Å². The zero-order valence-corrected chi connectivity index (χ0v) is 42.2. The van der Waals surface area contributed by atoms with Gasteiger partial charge in [0.1, 0.15) is 13.2 Å². The van der Waals surface area contributed by atoms with E-state index in [0.717, 1.165) is 57.8 Å². The molecule has 62 heavy (non-hydrogen) atoms. The van der Waals surface area contributed by atoms with Crippen LogP contribution in [0.25, 0.3) is 0 Å². The van der Waals surface area contributed by atoms with E-state index in [-0.39, 0.29) is 31.1 Å². The third kappa shape index (κ3) is 49.4. The van der Waals surface area contributed by atoms with Crippen molar-refractivity contribution >= 4 is 17.9 Å². The molecule has 6 heteroatoms. The summed E-state index contributed by atoms with van der Waals surface area (Å²) < 4.78 is 16.8. The van der Waals surface area contributed by atoms with Crippen LogP contribution in [0.1, 0.15) is 323 Å². The van der Waals surface area contributed by atoms with Crippen molar-refractivity contribution < 1.29 is 28.6 Å². The molecule has 0 aromatic heterocycles. The molecular weight excluding hydrogens is 769 g/mol. The molecule has 0 N–H and O–H groups in total. The van der Waals surface area contributed by atoms with Crippen molar-refractivity contribution in [2.75, 3.05) is 13.2 Å². The Kier molecular flexibility index (Phi) is 50.7. The predicted molar refractivity (Wildman–Crippen MR) is 266 cm³/mol. The molecule has 1 atom stereocenters. The molecule has 0 aliphatic heterocycles. The van der Waals surface area contributed by atoms with Crippen molar-refractivity contribution in [1.82, 2.24) is 0 Å². The molecule has 0 saturated heterocycles. The molecule has 0 heterocycles. The number of hydrogen-bond acceptors (Lipinski definition) is 6. The van der Waals surface area contributed by atoms with Crippen molar-refractivity contribution in [2.24, 2.45) is 0 Å². The van der Waals surface area contributed by atoms with E-state index in [0.29, 0.717) is 19.3 Å². The zero-order valence-electron chi connectivity index (χ0n) is 42.2. The Morgan fingerprint density at radius 3 is 0.645 bits per heavy atom. The van der Waals surface area contributed by atoms with E-state index >= 15 is 0 Å². The molecule has 0 amide bonds. The van der Waals surface area contributed by atoms with Gasteiger partial charge in [0.25, 0.3) is 0 Å². The van der Waals surface area contributed by atoms with Crippen LogP contribution in [0.5, 0.6) is 0 Å². The lowest BCUT2D eigenvalue weighted by Crippen LogP contribution is -2.30. The molecule has 6 nitrogen and oxygen atoms in total. The summed E-state index contributed by atoms with van der Waals surface area (Å²) in [6.45, 7) is 6.68. The first-order chi connectivity index (χ1) is 30.5. The molecule has 0 bridgehead atoms. The monoisotopic (exact) mass is 877 g/mol. The van der Waals surface area contributed by atoms with Crippen LogP contribution in [-0.2, 0) is 28.6 Å². The second kappa shape index (κ2) is 52.0. The summed E-state index contributed by atoms with van der Waals surface area (Å²) in [7, 11) is 0. The molecule has 0 aromatic rings. The van der Waals surface area contributed by atoms with E-state index < -0.39 is 6.10 Å². The number of rotatable bonds is 52. The minimum absolute atomic E-state index is 0.0616. The lowest BCUT2D eigenvalue weighted by Gasteiger charge is -2.18. The molecule has 0 radical (unpaired) electrons. The Balaban J connectivity index is 4.15. The van der Waals surface area contributed by atoms with Gasteiger partial charge in [-0.15, -0.1) is 0 Å². The third-order valence-electron chi connectivity index (χ3n) is 12.9. The number of ether oxygens (including phenoxy) is 3. The Labute approximate surface area is 387 Å². The van der Waals surface area contributed by atoms with Crippen LogP contribution in [0.2, 0.25) is 0 Å². The first kappa shape index (κ1) is 60.4. The molecule has 368 valence electrons. The van der Waals surface area contributed by atoms with E-state index in [4.69, 9.17) is 14.2 Å². The summed E-state index contributed by atoms with van der Waals surface area (Å²) in [6, 6.07) is 0. The topological polar surface area (TPSA) is 78.9 Å². The summed E-state index contributed by atoms with van der Waals surface area (Å²) in [4.78, 5) is 37.9. The lowest BCUT2D eigenvalue weighted by atomic mass is 10.0. The first-order valence-corrected chi connectivity index (χ1v) is 28.0. The average molecular weight is 877 g/mol. The highest BCUT2D eigenvalue weighted by Gasteiger charge is 2.19. The highest BCUT2D eigenvalue weighted by molar-refractivity contribution is 5.71. The van der Waals surface area contributed by atoms with Gasteiger partial charge in [0, 0.05) is 19.3 Å². The van der Waals surface area contributed by atoms with Crippen molar-refractivity contribution in [2.45, 2.75) is 329 Å². The molecular formula is C56H108O6. The second-order valence-electron chi connectivity index (χ2n) is 19.2. The lowest BCUT2D eigenvalue weighted by molar-refractivity contribution is -0.167. The number of unbranched alkanes of at least 4 members (excludes halogenated alkanes) is 41. The van der Waals surface area contributed by atoms with Gasteiger partial charge < -0.3 is 14.2 Å². The molecule has 0 spiro atoms. The van der Waals surface area contributed by atoms with Crippen molar-refractivity contribution in [3.05, 3.63) is 0 Å².